The van der Waals surface area contributed by atoms with Gasteiger partial charge in [0.25, 0.3) is 0 Å². The molecule has 8 heteroatoms. The normalized spacial score (nSPS) is 20.1. The van der Waals surface area contributed by atoms with Crippen LogP contribution in [0.3, 0.4) is 0 Å². The zero-order valence-electron chi connectivity index (χ0n) is 6.97. The molecule has 0 aromatic carbocycles. The first-order valence-corrected chi connectivity index (χ1v) is 3.58. The summed E-state index contributed by atoms with van der Waals surface area (Å²) in [7, 11) is 0. The molecule has 1 fully saturated rings. The van der Waals surface area contributed by atoms with Crippen molar-refractivity contribution in [2.24, 2.45) is 5.73 Å². The Morgan fingerprint density at radius 1 is 1.43 bits per heavy atom. The van der Waals surface area contributed by atoms with Crippen LogP contribution >= 0.6 is 0 Å². The number of hydrogen-bond acceptors (Lipinski definition) is 3. The molecule has 1 heterocycles. The predicted octanol–water partition coefficient (Wildman–Crippen LogP) is -0.533. The molecule has 1 aliphatic rings. The number of hydrogen-bond donors (Lipinski definition) is 3. The van der Waals surface area contributed by atoms with Crippen LogP contribution in [-0.2, 0) is 9.59 Å². The Morgan fingerprint density at radius 3 is 1.79 bits per heavy atom. The highest BCUT2D eigenvalue weighted by atomic mass is 19.4. The molecule has 1 rings (SSSR count). The first-order valence-electron chi connectivity index (χ1n) is 3.58. The van der Waals surface area contributed by atoms with E-state index in [1.54, 1.807) is 0 Å². The van der Waals surface area contributed by atoms with Crippen LogP contribution in [0.25, 0.3) is 0 Å². The molecule has 1 atom stereocenters. The summed E-state index contributed by atoms with van der Waals surface area (Å²) in [6.07, 6.45) is -4.17. The molecule has 1 saturated heterocycles. The Bertz CT molecular complexity index is 225. The molecule has 0 unspecified atom stereocenters. The van der Waals surface area contributed by atoms with Crippen LogP contribution in [0, 0.1) is 0 Å². The summed E-state index contributed by atoms with van der Waals surface area (Å²) >= 11 is 0. The number of carbonyl (C=O) groups excluding carboxylic acids is 1. The highest BCUT2D eigenvalue weighted by Crippen LogP contribution is 2.13. The topological polar surface area (TPSA) is 92.4 Å². The fourth-order valence-corrected chi connectivity index (χ4v) is 0.532. The summed E-state index contributed by atoms with van der Waals surface area (Å²) in [6.45, 7) is 0.938. The fraction of sp³-hybridized carbons (Fsp3) is 0.667. The standard InChI is InChI=1S/C4H8N2O.C2HF3O2/c5-4(7)3-1-2-6-3;3-2(4,5)1(6)7/h3,6H,1-2H2,(H2,5,7);(H,6,7)/t3-;/m1./s1. The van der Waals surface area contributed by atoms with E-state index in [4.69, 9.17) is 15.6 Å². The van der Waals surface area contributed by atoms with E-state index in [1.807, 2.05) is 0 Å². The number of alkyl halides is 3. The third-order valence-electron chi connectivity index (χ3n) is 1.41. The predicted molar refractivity (Wildman–Crippen MR) is 39.3 cm³/mol. The maximum absolute atomic E-state index is 10.6. The van der Waals surface area contributed by atoms with Gasteiger partial charge in [-0.15, -0.1) is 0 Å². The molecule has 0 bridgehead atoms. The highest BCUT2D eigenvalue weighted by Gasteiger charge is 2.38. The van der Waals surface area contributed by atoms with Crippen molar-refractivity contribution in [1.82, 2.24) is 5.32 Å². The number of amides is 1. The van der Waals surface area contributed by atoms with Crippen LogP contribution in [0.2, 0.25) is 0 Å². The smallest absolute Gasteiger partial charge is 0.475 e. The second-order valence-corrected chi connectivity index (χ2v) is 2.50. The lowest BCUT2D eigenvalue weighted by Crippen LogP contribution is -2.51. The van der Waals surface area contributed by atoms with E-state index >= 15 is 0 Å². The van der Waals surface area contributed by atoms with Gasteiger partial charge >= 0.3 is 12.1 Å². The molecule has 5 nitrogen and oxygen atoms in total. The third-order valence-corrected chi connectivity index (χ3v) is 1.41. The lowest BCUT2D eigenvalue weighted by atomic mass is 10.1. The zero-order chi connectivity index (χ0) is 11.4. The average molecular weight is 214 g/mol. The van der Waals surface area contributed by atoms with Crippen molar-refractivity contribution in [3.63, 3.8) is 0 Å². The molecule has 0 spiro atoms. The van der Waals surface area contributed by atoms with Crippen LogP contribution in [0.5, 0.6) is 0 Å². The summed E-state index contributed by atoms with van der Waals surface area (Å²) < 4.78 is 31.7. The molecule has 82 valence electrons. The van der Waals surface area contributed by atoms with E-state index in [0.29, 0.717) is 0 Å². The molecular formula is C6H9F3N2O3. The van der Waals surface area contributed by atoms with Gasteiger partial charge in [0.1, 0.15) is 0 Å². The monoisotopic (exact) mass is 214 g/mol. The second kappa shape index (κ2) is 4.80. The van der Waals surface area contributed by atoms with Crippen LogP contribution in [-0.4, -0.2) is 35.7 Å². The molecule has 1 aliphatic heterocycles. The maximum atomic E-state index is 10.6. The number of nitrogens with two attached hydrogens (primary N) is 1. The van der Waals surface area contributed by atoms with Gasteiger partial charge in [-0.25, -0.2) is 4.79 Å². The van der Waals surface area contributed by atoms with Gasteiger partial charge < -0.3 is 16.2 Å². The van der Waals surface area contributed by atoms with Gasteiger partial charge in [-0.2, -0.15) is 13.2 Å². The van der Waals surface area contributed by atoms with E-state index in [2.05, 4.69) is 5.32 Å². The average Bonchev–Trinajstić information content (AvgIpc) is 1.79. The molecule has 4 N–H and O–H groups in total. The number of carbonyl (C=O) groups is 2. The van der Waals surface area contributed by atoms with E-state index in [-0.39, 0.29) is 11.9 Å². The first kappa shape index (κ1) is 12.7. The molecule has 0 saturated carbocycles. The summed E-state index contributed by atoms with van der Waals surface area (Å²) in [5.74, 6) is -2.99. The van der Waals surface area contributed by atoms with E-state index in [0.717, 1.165) is 13.0 Å². The van der Waals surface area contributed by atoms with Crippen LogP contribution in [0.4, 0.5) is 13.2 Å². The quantitative estimate of drug-likeness (QED) is 0.547. The van der Waals surface area contributed by atoms with Crippen LogP contribution < -0.4 is 11.1 Å². The Hall–Kier alpha value is -1.31. The van der Waals surface area contributed by atoms with Gasteiger partial charge in [-0.05, 0) is 13.0 Å². The maximum Gasteiger partial charge on any atom is 0.490 e. The lowest BCUT2D eigenvalue weighted by Gasteiger charge is -2.23. The first-order chi connectivity index (χ1) is 6.25. The van der Waals surface area contributed by atoms with Gasteiger partial charge in [-0.1, -0.05) is 0 Å². The van der Waals surface area contributed by atoms with Gasteiger partial charge in [-0.3, -0.25) is 4.79 Å². The van der Waals surface area contributed by atoms with Gasteiger partial charge in [0.2, 0.25) is 5.91 Å². The molecule has 0 aliphatic carbocycles. The summed E-state index contributed by atoms with van der Waals surface area (Å²) in [4.78, 5) is 19.0. The number of carboxylic acids is 1. The van der Waals surface area contributed by atoms with Gasteiger partial charge in [0.05, 0.1) is 6.04 Å². The number of halogens is 3. The summed E-state index contributed by atoms with van der Waals surface area (Å²) in [5, 5.41) is 10.00. The van der Waals surface area contributed by atoms with Gasteiger partial charge in [0.15, 0.2) is 0 Å². The van der Waals surface area contributed by atoms with E-state index < -0.39 is 12.1 Å². The van der Waals surface area contributed by atoms with Crippen molar-refractivity contribution in [3.8, 4) is 0 Å². The minimum atomic E-state index is -5.08. The minimum Gasteiger partial charge on any atom is -0.475 e. The summed E-state index contributed by atoms with van der Waals surface area (Å²) in [6, 6.07) is -0.0278. The fourth-order valence-electron chi connectivity index (χ4n) is 0.532. The van der Waals surface area contributed by atoms with Gasteiger partial charge in [0, 0.05) is 0 Å². The Balaban J connectivity index is 0.000000241. The Morgan fingerprint density at radius 2 is 1.79 bits per heavy atom. The number of rotatable bonds is 1. The Labute approximate surface area is 77.1 Å². The van der Waals surface area contributed by atoms with E-state index in [9.17, 15) is 18.0 Å². The molecule has 0 aromatic rings. The minimum absolute atomic E-state index is 0.0278. The molecule has 1 amide bonds. The molecular weight excluding hydrogens is 205 g/mol. The number of aliphatic carboxylic acids is 1. The van der Waals surface area contributed by atoms with Crippen molar-refractivity contribution in [2.75, 3.05) is 6.54 Å². The largest absolute Gasteiger partial charge is 0.490 e. The SMILES string of the molecule is NC(=O)[C@H]1CCN1.O=C(O)C(F)(F)F. The molecule has 0 aromatic heterocycles. The molecule has 0 radical (unpaired) electrons. The summed E-state index contributed by atoms with van der Waals surface area (Å²) in [5.41, 5.74) is 4.90. The van der Waals surface area contributed by atoms with Crippen LogP contribution in [0.1, 0.15) is 6.42 Å². The van der Waals surface area contributed by atoms with Crippen molar-refractivity contribution in [1.29, 1.82) is 0 Å². The zero-order valence-corrected chi connectivity index (χ0v) is 6.97. The molecule has 14 heavy (non-hydrogen) atoms. The third kappa shape index (κ3) is 4.65. The Kier molecular flexibility index (Phi) is 4.35. The number of nitrogens with one attached hydrogen (secondary N) is 1. The van der Waals surface area contributed by atoms with Crippen molar-refractivity contribution >= 4 is 11.9 Å². The number of primary amides is 1. The highest BCUT2D eigenvalue weighted by molar-refractivity contribution is 5.80. The number of carboxylic acid groups (broad SMARTS) is 1. The van der Waals surface area contributed by atoms with Crippen LogP contribution in [0.15, 0.2) is 0 Å². The second-order valence-electron chi connectivity index (χ2n) is 2.50. The van der Waals surface area contributed by atoms with Crippen molar-refractivity contribution < 1.29 is 27.9 Å². The van der Waals surface area contributed by atoms with E-state index in [1.165, 1.54) is 0 Å². The van der Waals surface area contributed by atoms with Crippen molar-refractivity contribution in [3.05, 3.63) is 0 Å². The van der Waals surface area contributed by atoms with Crippen molar-refractivity contribution in [2.45, 2.75) is 18.6 Å². The lowest BCUT2D eigenvalue weighted by molar-refractivity contribution is -0.192.